The number of hydrogen-bond donors (Lipinski definition) is 0. The first kappa shape index (κ1) is 15.9. The van der Waals surface area contributed by atoms with Crippen LogP contribution in [-0.2, 0) is 14.8 Å². The highest BCUT2D eigenvalue weighted by molar-refractivity contribution is 7.93. The third kappa shape index (κ3) is 2.50. The number of sulfonamides is 1. The predicted octanol–water partition coefficient (Wildman–Crippen LogP) is 1.62. The van der Waals surface area contributed by atoms with E-state index in [2.05, 4.69) is 0 Å². The van der Waals surface area contributed by atoms with E-state index in [9.17, 15) is 13.2 Å². The van der Waals surface area contributed by atoms with E-state index in [1.807, 2.05) is 4.90 Å². The van der Waals surface area contributed by atoms with Crippen molar-refractivity contribution in [3.05, 3.63) is 29.8 Å². The van der Waals surface area contributed by atoms with Crippen LogP contribution in [0.4, 0.5) is 5.69 Å². The molecule has 24 heavy (non-hydrogen) atoms. The summed E-state index contributed by atoms with van der Waals surface area (Å²) >= 11 is 0. The van der Waals surface area contributed by atoms with Crippen LogP contribution in [0.25, 0.3) is 0 Å². The molecule has 130 valence electrons. The number of ether oxygens (including phenoxy) is 1. The van der Waals surface area contributed by atoms with Gasteiger partial charge in [-0.1, -0.05) is 0 Å². The number of nitrogens with zero attached hydrogens (tertiary/aromatic N) is 2. The van der Waals surface area contributed by atoms with Gasteiger partial charge in [-0.3, -0.25) is 9.10 Å². The summed E-state index contributed by atoms with van der Waals surface area (Å²) in [5.41, 5.74) is 1.14. The zero-order chi connectivity index (χ0) is 16.8. The number of anilines is 1. The SMILES string of the molecule is O=C(c1ccc(N2CCCS2(=O)=O)cc1)N1CCOCC12CCC2. The molecular weight excluding hydrogens is 328 g/mol. The fraction of sp³-hybridized carbons (Fsp3) is 0.588. The molecule has 2 heterocycles. The Bertz CT molecular complexity index is 740. The van der Waals surface area contributed by atoms with Crippen molar-refractivity contribution >= 4 is 21.6 Å². The van der Waals surface area contributed by atoms with E-state index in [1.165, 1.54) is 4.31 Å². The molecule has 0 N–H and O–H groups in total. The maximum absolute atomic E-state index is 12.9. The Morgan fingerprint density at radius 2 is 1.83 bits per heavy atom. The molecule has 0 radical (unpaired) electrons. The Labute approximate surface area is 142 Å². The molecule has 4 rings (SSSR count). The summed E-state index contributed by atoms with van der Waals surface area (Å²) in [5.74, 6) is 0.220. The van der Waals surface area contributed by atoms with Gasteiger partial charge in [-0.2, -0.15) is 0 Å². The molecule has 6 nitrogen and oxygen atoms in total. The van der Waals surface area contributed by atoms with Crippen molar-refractivity contribution in [2.24, 2.45) is 0 Å². The predicted molar refractivity (Wildman–Crippen MR) is 90.6 cm³/mol. The second-order valence-electron chi connectivity index (χ2n) is 6.88. The largest absolute Gasteiger partial charge is 0.377 e. The molecule has 0 aromatic heterocycles. The molecule has 7 heteroatoms. The first-order valence-corrected chi connectivity index (χ1v) is 10.1. The normalized spacial score (nSPS) is 24.8. The molecule has 1 aromatic carbocycles. The summed E-state index contributed by atoms with van der Waals surface area (Å²) in [6.45, 7) is 2.35. The lowest BCUT2D eigenvalue weighted by molar-refractivity contribution is -0.0877. The van der Waals surface area contributed by atoms with Gasteiger partial charge in [0.25, 0.3) is 5.91 Å². The van der Waals surface area contributed by atoms with Crippen molar-refractivity contribution < 1.29 is 17.9 Å². The van der Waals surface area contributed by atoms with Crippen LogP contribution in [0.15, 0.2) is 24.3 Å². The summed E-state index contributed by atoms with van der Waals surface area (Å²) in [4.78, 5) is 14.9. The lowest BCUT2D eigenvalue weighted by atomic mass is 9.75. The van der Waals surface area contributed by atoms with Crippen LogP contribution in [0.5, 0.6) is 0 Å². The molecule has 2 saturated heterocycles. The van der Waals surface area contributed by atoms with Crippen LogP contribution in [0, 0.1) is 0 Å². The van der Waals surface area contributed by atoms with Gasteiger partial charge < -0.3 is 9.64 Å². The van der Waals surface area contributed by atoms with Gasteiger partial charge in [-0.05, 0) is 49.9 Å². The first-order valence-electron chi connectivity index (χ1n) is 8.52. The standard InChI is InChI=1S/C17H22N2O4S/c20-16(18-10-11-23-13-17(18)7-1-8-17)14-3-5-15(6-4-14)19-9-2-12-24(19,21)22/h3-6H,1-2,7-13H2. The summed E-state index contributed by atoms with van der Waals surface area (Å²) in [6, 6.07) is 6.97. The number of hydrogen-bond acceptors (Lipinski definition) is 4. The Hall–Kier alpha value is -1.60. The van der Waals surface area contributed by atoms with Crippen molar-refractivity contribution in [2.75, 3.05) is 36.4 Å². The topological polar surface area (TPSA) is 66.9 Å². The number of amides is 1. The van der Waals surface area contributed by atoms with E-state index in [-0.39, 0.29) is 17.2 Å². The van der Waals surface area contributed by atoms with Crippen LogP contribution in [0.2, 0.25) is 0 Å². The molecule has 2 aliphatic heterocycles. The maximum Gasteiger partial charge on any atom is 0.254 e. The molecule has 3 aliphatic rings. The van der Waals surface area contributed by atoms with Crippen molar-refractivity contribution in [3.8, 4) is 0 Å². The first-order chi connectivity index (χ1) is 11.5. The quantitative estimate of drug-likeness (QED) is 0.813. The minimum Gasteiger partial charge on any atom is -0.377 e. The van der Waals surface area contributed by atoms with Crippen LogP contribution in [-0.4, -0.2) is 56.8 Å². The maximum atomic E-state index is 12.9. The van der Waals surface area contributed by atoms with Crippen molar-refractivity contribution in [1.29, 1.82) is 0 Å². The van der Waals surface area contributed by atoms with E-state index in [0.29, 0.717) is 44.0 Å². The minimum absolute atomic E-state index is 0.0221. The van der Waals surface area contributed by atoms with Gasteiger partial charge in [0.15, 0.2) is 0 Å². The molecule has 3 fully saturated rings. The van der Waals surface area contributed by atoms with Crippen LogP contribution >= 0.6 is 0 Å². The van der Waals surface area contributed by atoms with Gasteiger partial charge in [0, 0.05) is 18.7 Å². The Balaban J connectivity index is 1.55. The summed E-state index contributed by atoms with van der Waals surface area (Å²) in [6.07, 6.45) is 3.80. The second kappa shape index (κ2) is 5.74. The van der Waals surface area contributed by atoms with E-state index in [1.54, 1.807) is 24.3 Å². The van der Waals surface area contributed by atoms with Gasteiger partial charge in [-0.15, -0.1) is 0 Å². The van der Waals surface area contributed by atoms with Crippen LogP contribution in [0.1, 0.15) is 36.0 Å². The number of rotatable bonds is 2. The zero-order valence-corrected chi connectivity index (χ0v) is 14.4. The number of carbonyl (C=O) groups is 1. The lowest BCUT2D eigenvalue weighted by Crippen LogP contribution is -2.62. The average Bonchev–Trinajstić information content (AvgIpc) is 2.92. The highest BCUT2D eigenvalue weighted by Crippen LogP contribution is 2.40. The number of carbonyl (C=O) groups excluding carboxylic acids is 1. The Kier molecular flexibility index (Phi) is 3.80. The second-order valence-corrected chi connectivity index (χ2v) is 8.89. The third-order valence-electron chi connectivity index (χ3n) is 5.43. The molecule has 1 amide bonds. The molecule has 1 aromatic rings. The van der Waals surface area contributed by atoms with Crippen molar-refractivity contribution in [2.45, 2.75) is 31.2 Å². The van der Waals surface area contributed by atoms with Gasteiger partial charge in [-0.25, -0.2) is 8.42 Å². The van der Waals surface area contributed by atoms with E-state index in [0.717, 1.165) is 19.3 Å². The molecule has 0 atom stereocenters. The fourth-order valence-corrected chi connectivity index (χ4v) is 5.47. The highest BCUT2D eigenvalue weighted by Gasteiger charge is 2.47. The number of benzene rings is 1. The van der Waals surface area contributed by atoms with Gasteiger partial charge in [0.2, 0.25) is 10.0 Å². The lowest BCUT2D eigenvalue weighted by Gasteiger charge is -2.52. The molecule has 0 bridgehead atoms. The van der Waals surface area contributed by atoms with Crippen LogP contribution < -0.4 is 4.31 Å². The average molecular weight is 350 g/mol. The summed E-state index contributed by atoms with van der Waals surface area (Å²) in [7, 11) is -3.19. The van der Waals surface area contributed by atoms with Crippen molar-refractivity contribution in [3.63, 3.8) is 0 Å². The van der Waals surface area contributed by atoms with E-state index >= 15 is 0 Å². The Morgan fingerprint density at radius 3 is 2.42 bits per heavy atom. The highest BCUT2D eigenvalue weighted by atomic mass is 32.2. The Morgan fingerprint density at radius 1 is 1.08 bits per heavy atom. The third-order valence-corrected chi connectivity index (χ3v) is 7.30. The fourth-order valence-electron chi connectivity index (χ4n) is 3.90. The smallest absolute Gasteiger partial charge is 0.254 e. The van der Waals surface area contributed by atoms with Crippen molar-refractivity contribution in [1.82, 2.24) is 4.90 Å². The van der Waals surface area contributed by atoms with E-state index < -0.39 is 10.0 Å². The molecule has 0 unspecified atom stereocenters. The zero-order valence-electron chi connectivity index (χ0n) is 13.6. The van der Waals surface area contributed by atoms with Gasteiger partial charge in [0.1, 0.15) is 0 Å². The van der Waals surface area contributed by atoms with Crippen LogP contribution in [0.3, 0.4) is 0 Å². The van der Waals surface area contributed by atoms with E-state index in [4.69, 9.17) is 4.74 Å². The molecular formula is C17H22N2O4S. The van der Waals surface area contributed by atoms with Gasteiger partial charge >= 0.3 is 0 Å². The number of morpholine rings is 1. The molecule has 1 spiro atoms. The summed E-state index contributed by atoms with van der Waals surface area (Å²) < 4.78 is 31.0. The minimum atomic E-state index is -3.19. The molecule has 1 aliphatic carbocycles. The molecule has 1 saturated carbocycles. The summed E-state index contributed by atoms with van der Waals surface area (Å²) in [5, 5.41) is 0. The monoisotopic (exact) mass is 350 g/mol. The van der Waals surface area contributed by atoms with Gasteiger partial charge in [0.05, 0.1) is 30.2 Å².